The van der Waals surface area contributed by atoms with Gasteiger partial charge in [0.05, 0.1) is 11.3 Å². The first-order valence-corrected chi connectivity index (χ1v) is 9.96. The number of alkyl halides is 3. The van der Waals surface area contributed by atoms with E-state index in [0.717, 1.165) is 36.0 Å². The summed E-state index contributed by atoms with van der Waals surface area (Å²) in [5, 5.41) is 0. The molecule has 0 atom stereocenters. The van der Waals surface area contributed by atoms with Gasteiger partial charge in [-0.05, 0) is 36.4 Å². The first kappa shape index (κ1) is 22.1. The maximum atomic E-state index is 13.2. The fraction of sp³-hybridized carbons (Fsp3) is 0.300. The summed E-state index contributed by atoms with van der Waals surface area (Å²) in [7, 11) is 0. The fourth-order valence-corrected chi connectivity index (χ4v) is 3.80. The average molecular weight is 444 g/mol. The van der Waals surface area contributed by atoms with Gasteiger partial charge in [-0.25, -0.2) is 8.78 Å². The largest absolute Gasteiger partial charge is 0.416 e. The summed E-state index contributed by atoms with van der Waals surface area (Å²) >= 11 is 1.07. The van der Waals surface area contributed by atoms with Crippen molar-refractivity contribution >= 4 is 23.6 Å². The molecule has 1 saturated heterocycles. The van der Waals surface area contributed by atoms with E-state index >= 15 is 0 Å². The molecule has 2 aromatic carbocycles. The van der Waals surface area contributed by atoms with Crippen molar-refractivity contribution in [3.63, 3.8) is 0 Å². The lowest BCUT2D eigenvalue weighted by Crippen LogP contribution is -2.51. The van der Waals surface area contributed by atoms with Gasteiger partial charge in [0.1, 0.15) is 0 Å². The van der Waals surface area contributed by atoms with Gasteiger partial charge in [0.2, 0.25) is 5.91 Å². The second-order valence-corrected chi connectivity index (χ2v) is 7.66. The quantitative estimate of drug-likeness (QED) is 0.528. The third-order valence-corrected chi connectivity index (χ3v) is 5.59. The Morgan fingerprint density at radius 2 is 1.57 bits per heavy atom. The minimum atomic E-state index is -4.54. The van der Waals surface area contributed by atoms with E-state index in [1.807, 2.05) is 0 Å². The minimum Gasteiger partial charge on any atom is -0.338 e. The first-order valence-electron chi connectivity index (χ1n) is 8.97. The number of benzene rings is 2. The minimum absolute atomic E-state index is 0.0205. The van der Waals surface area contributed by atoms with Crippen molar-refractivity contribution in [3.8, 4) is 0 Å². The monoisotopic (exact) mass is 444 g/mol. The van der Waals surface area contributed by atoms with Crippen LogP contribution in [0, 0.1) is 11.6 Å². The molecular formula is C20H17F5N2O2S. The van der Waals surface area contributed by atoms with Crippen LogP contribution in [0.4, 0.5) is 22.0 Å². The van der Waals surface area contributed by atoms with E-state index in [1.54, 1.807) is 0 Å². The van der Waals surface area contributed by atoms with E-state index in [2.05, 4.69) is 0 Å². The van der Waals surface area contributed by atoms with Crippen LogP contribution in [-0.4, -0.2) is 53.5 Å². The molecule has 0 spiro atoms. The standard InChI is InChI=1S/C20H17F5N2O2S/c21-16-5-4-15(11-17(16)22)30-12-18(28)26-6-8-27(9-7-26)19(29)13-2-1-3-14(10-13)20(23,24)25/h1-5,10-11H,6-9,12H2. The molecule has 4 nitrogen and oxygen atoms in total. The molecule has 1 aliphatic rings. The van der Waals surface area contributed by atoms with E-state index in [9.17, 15) is 31.5 Å². The van der Waals surface area contributed by atoms with Gasteiger partial charge < -0.3 is 9.80 Å². The molecule has 10 heteroatoms. The Bertz CT molecular complexity index is 943. The second-order valence-electron chi connectivity index (χ2n) is 6.62. The number of carbonyl (C=O) groups excluding carboxylic acids is 2. The number of carbonyl (C=O) groups is 2. The van der Waals surface area contributed by atoms with Crippen molar-refractivity contribution in [2.24, 2.45) is 0 Å². The van der Waals surface area contributed by atoms with Crippen molar-refractivity contribution in [2.75, 3.05) is 31.9 Å². The average Bonchev–Trinajstić information content (AvgIpc) is 2.73. The van der Waals surface area contributed by atoms with Gasteiger partial charge >= 0.3 is 6.18 Å². The highest BCUT2D eigenvalue weighted by molar-refractivity contribution is 8.00. The summed E-state index contributed by atoms with van der Waals surface area (Å²) in [5.41, 5.74) is -0.949. The zero-order valence-electron chi connectivity index (χ0n) is 15.6. The van der Waals surface area contributed by atoms with Crippen LogP contribution >= 0.6 is 11.8 Å². The van der Waals surface area contributed by atoms with Gasteiger partial charge in [0.25, 0.3) is 5.91 Å². The molecule has 0 N–H and O–H groups in total. The van der Waals surface area contributed by atoms with Crippen LogP contribution in [0.5, 0.6) is 0 Å². The molecule has 30 heavy (non-hydrogen) atoms. The SMILES string of the molecule is O=C(CSc1ccc(F)c(F)c1)N1CCN(C(=O)c2cccc(C(F)(F)F)c2)CC1. The number of thioether (sulfide) groups is 1. The summed E-state index contributed by atoms with van der Waals surface area (Å²) in [4.78, 5) is 28.2. The Morgan fingerprint density at radius 3 is 2.20 bits per heavy atom. The molecular weight excluding hydrogens is 427 g/mol. The van der Waals surface area contributed by atoms with Gasteiger partial charge in [0, 0.05) is 36.6 Å². The Morgan fingerprint density at radius 1 is 0.900 bits per heavy atom. The molecule has 3 rings (SSSR count). The molecule has 2 aromatic rings. The molecule has 0 bridgehead atoms. The van der Waals surface area contributed by atoms with E-state index in [4.69, 9.17) is 0 Å². The third-order valence-electron chi connectivity index (χ3n) is 4.61. The van der Waals surface area contributed by atoms with Crippen molar-refractivity contribution in [1.29, 1.82) is 0 Å². The Kier molecular flexibility index (Phi) is 6.64. The maximum absolute atomic E-state index is 13.2. The predicted octanol–water partition coefficient (Wildman–Crippen LogP) is 4.06. The van der Waals surface area contributed by atoms with E-state index in [-0.39, 0.29) is 43.4 Å². The number of hydrogen-bond acceptors (Lipinski definition) is 3. The Balaban J connectivity index is 1.53. The number of hydrogen-bond donors (Lipinski definition) is 0. The molecule has 0 aliphatic carbocycles. The van der Waals surface area contributed by atoms with E-state index in [0.29, 0.717) is 4.90 Å². The molecule has 1 heterocycles. The first-order chi connectivity index (χ1) is 14.1. The summed E-state index contributed by atoms with van der Waals surface area (Å²) < 4.78 is 64.7. The summed E-state index contributed by atoms with van der Waals surface area (Å²) in [6, 6.07) is 7.61. The lowest BCUT2D eigenvalue weighted by atomic mass is 10.1. The van der Waals surface area contributed by atoms with Crippen LogP contribution < -0.4 is 0 Å². The zero-order valence-corrected chi connectivity index (χ0v) is 16.4. The molecule has 160 valence electrons. The number of rotatable bonds is 4. The summed E-state index contributed by atoms with van der Waals surface area (Å²) in [5.74, 6) is -2.69. The van der Waals surface area contributed by atoms with Crippen LogP contribution in [0.1, 0.15) is 15.9 Å². The molecule has 0 unspecified atom stereocenters. The van der Waals surface area contributed by atoms with Crippen LogP contribution in [0.15, 0.2) is 47.4 Å². The molecule has 0 saturated carbocycles. The Hall–Kier alpha value is -2.62. The molecule has 0 radical (unpaired) electrons. The van der Waals surface area contributed by atoms with Gasteiger partial charge in [-0.2, -0.15) is 13.2 Å². The van der Waals surface area contributed by atoms with Gasteiger partial charge in [-0.1, -0.05) is 6.07 Å². The van der Waals surface area contributed by atoms with Crippen molar-refractivity contribution < 1.29 is 31.5 Å². The summed E-state index contributed by atoms with van der Waals surface area (Å²) in [6.45, 7) is 0.858. The Labute approximate surface area is 173 Å². The van der Waals surface area contributed by atoms with Crippen LogP contribution in [0.25, 0.3) is 0 Å². The number of halogens is 5. The smallest absolute Gasteiger partial charge is 0.338 e. The zero-order chi connectivity index (χ0) is 21.9. The highest BCUT2D eigenvalue weighted by Gasteiger charge is 2.32. The molecule has 2 amide bonds. The van der Waals surface area contributed by atoms with Gasteiger partial charge in [0.15, 0.2) is 11.6 Å². The molecule has 0 aromatic heterocycles. The normalized spacial score (nSPS) is 14.7. The highest BCUT2D eigenvalue weighted by Crippen LogP contribution is 2.30. The van der Waals surface area contributed by atoms with E-state index in [1.165, 1.54) is 28.0 Å². The summed E-state index contributed by atoms with van der Waals surface area (Å²) in [6.07, 6.45) is -4.54. The van der Waals surface area contributed by atoms with Crippen LogP contribution in [-0.2, 0) is 11.0 Å². The maximum Gasteiger partial charge on any atom is 0.416 e. The van der Waals surface area contributed by atoms with Crippen molar-refractivity contribution in [3.05, 3.63) is 65.2 Å². The van der Waals surface area contributed by atoms with Crippen molar-refractivity contribution in [1.82, 2.24) is 9.80 Å². The third kappa shape index (κ3) is 5.29. The lowest BCUT2D eigenvalue weighted by molar-refractivity contribution is -0.137. The predicted molar refractivity (Wildman–Crippen MR) is 101 cm³/mol. The van der Waals surface area contributed by atoms with Crippen LogP contribution in [0.3, 0.4) is 0 Å². The fourth-order valence-electron chi connectivity index (χ4n) is 2.97. The molecule has 1 aliphatic heterocycles. The van der Waals surface area contributed by atoms with Gasteiger partial charge in [-0.3, -0.25) is 9.59 Å². The number of piperazine rings is 1. The van der Waals surface area contributed by atoms with Gasteiger partial charge in [-0.15, -0.1) is 11.8 Å². The topological polar surface area (TPSA) is 40.6 Å². The van der Waals surface area contributed by atoms with Crippen LogP contribution in [0.2, 0.25) is 0 Å². The molecule has 1 fully saturated rings. The highest BCUT2D eigenvalue weighted by atomic mass is 32.2. The van der Waals surface area contributed by atoms with E-state index < -0.39 is 29.3 Å². The van der Waals surface area contributed by atoms with Crippen molar-refractivity contribution in [2.45, 2.75) is 11.1 Å². The number of amides is 2. The lowest BCUT2D eigenvalue weighted by Gasteiger charge is -2.35. The second kappa shape index (κ2) is 9.03. The number of nitrogens with zero attached hydrogens (tertiary/aromatic N) is 2.